The summed E-state index contributed by atoms with van der Waals surface area (Å²) in [7, 11) is 0. The number of thiocarbonyl (C=S) groups is 1. The van der Waals surface area contributed by atoms with Crippen molar-refractivity contribution in [1.82, 2.24) is 20.4 Å². The smallest absolute Gasteiger partial charge is 0.543 e. The number of rotatable bonds is 8. The number of hydrogen-bond acceptors (Lipinski definition) is 9. The van der Waals surface area contributed by atoms with E-state index < -0.39 is 12.0 Å². The summed E-state index contributed by atoms with van der Waals surface area (Å²) in [6.45, 7) is 0.391. The van der Waals surface area contributed by atoms with Crippen molar-refractivity contribution in [2.24, 2.45) is 5.73 Å². The van der Waals surface area contributed by atoms with Crippen LogP contribution in [0.25, 0.3) is 0 Å². The Morgan fingerprint density at radius 2 is 2.03 bits per heavy atom. The molecule has 0 spiro atoms. The van der Waals surface area contributed by atoms with Crippen molar-refractivity contribution in [3.8, 4) is 0 Å². The van der Waals surface area contributed by atoms with Gasteiger partial charge in [-0.2, -0.15) is 5.10 Å². The molecule has 2 aromatic rings. The van der Waals surface area contributed by atoms with Crippen LogP contribution in [-0.2, 0) is 22.6 Å². The zero-order chi connectivity index (χ0) is 23.5. The predicted molar refractivity (Wildman–Crippen MR) is 128 cm³/mol. The van der Waals surface area contributed by atoms with E-state index in [9.17, 15) is 19.5 Å². The second-order valence-corrected chi connectivity index (χ2v) is 9.99. The Kier molecular flexibility index (Phi) is 9.38. The van der Waals surface area contributed by atoms with Crippen molar-refractivity contribution in [2.75, 3.05) is 11.5 Å². The van der Waals surface area contributed by atoms with Gasteiger partial charge in [0.1, 0.15) is 16.4 Å². The van der Waals surface area contributed by atoms with Crippen LogP contribution < -0.4 is 51.3 Å². The first-order valence-electron chi connectivity index (χ1n) is 10.0. The van der Waals surface area contributed by atoms with Crippen LogP contribution in [0.1, 0.15) is 11.1 Å². The molecule has 4 N–H and O–H groups in total. The predicted octanol–water partition coefficient (Wildman–Crippen LogP) is -3.23. The Hall–Kier alpha value is -1.67. The van der Waals surface area contributed by atoms with Gasteiger partial charge < -0.3 is 21.0 Å². The van der Waals surface area contributed by atoms with E-state index in [4.69, 9.17) is 18.0 Å². The summed E-state index contributed by atoms with van der Waals surface area (Å²) in [4.78, 5) is 37.7. The molecule has 2 aliphatic rings. The van der Waals surface area contributed by atoms with Crippen LogP contribution >= 0.6 is 35.7 Å². The number of carbonyl (C=O) groups excluding carboxylic acids is 2. The van der Waals surface area contributed by atoms with E-state index in [1.54, 1.807) is 6.07 Å². The first-order chi connectivity index (χ1) is 15.9. The SMILES string of the molecule is NCc1ccccc1CC(=S)NC1C(=O)N2C(C(=O)[O-])=C(CSc3ccc(=O)[nH]n3)CS[C@H]12.[Na+]. The van der Waals surface area contributed by atoms with Crippen LogP contribution in [0.15, 0.2) is 57.5 Å². The molecule has 1 aromatic heterocycles. The number of H-pyrrole nitrogens is 1. The van der Waals surface area contributed by atoms with Gasteiger partial charge in [0, 0.05) is 30.5 Å². The third kappa shape index (κ3) is 5.76. The van der Waals surface area contributed by atoms with Crippen molar-refractivity contribution in [1.29, 1.82) is 0 Å². The molecule has 0 bridgehead atoms. The molecule has 3 heterocycles. The van der Waals surface area contributed by atoms with Gasteiger partial charge in [-0.25, -0.2) is 5.10 Å². The minimum absolute atomic E-state index is 0. The molecule has 2 atom stereocenters. The Morgan fingerprint density at radius 1 is 1.29 bits per heavy atom. The number of nitrogens with zero attached hydrogens (tertiary/aromatic N) is 2. The molecular weight excluding hydrogens is 505 g/mol. The van der Waals surface area contributed by atoms with E-state index in [1.807, 2.05) is 24.3 Å². The number of thioether (sulfide) groups is 2. The molecular formula is C21H20N5NaO4S3. The Balaban J connectivity index is 0.00000324. The maximum Gasteiger partial charge on any atom is 1.00 e. The quantitative estimate of drug-likeness (QED) is 0.139. The van der Waals surface area contributed by atoms with Crippen LogP contribution in [0.3, 0.4) is 0 Å². The molecule has 0 saturated carbocycles. The fourth-order valence-electron chi connectivity index (χ4n) is 3.68. The number of aromatic amines is 1. The fraction of sp³-hybridized carbons (Fsp3) is 0.286. The minimum atomic E-state index is -1.39. The molecule has 34 heavy (non-hydrogen) atoms. The van der Waals surface area contributed by atoms with Gasteiger partial charge in [-0.1, -0.05) is 36.5 Å². The third-order valence-corrected chi connectivity index (χ3v) is 7.91. The number of nitrogens with one attached hydrogen (secondary N) is 2. The van der Waals surface area contributed by atoms with Gasteiger partial charge in [-0.15, -0.1) is 23.5 Å². The molecule has 1 unspecified atom stereocenters. The molecule has 1 saturated heterocycles. The number of carboxylic acid groups (broad SMARTS) is 1. The summed E-state index contributed by atoms with van der Waals surface area (Å²) in [5.41, 5.74) is 7.91. The molecule has 9 nitrogen and oxygen atoms in total. The van der Waals surface area contributed by atoms with Gasteiger partial charge in [-0.3, -0.25) is 14.5 Å². The van der Waals surface area contributed by atoms with E-state index in [0.717, 1.165) is 11.1 Å². The molecule has 1 amide bonds. The van der Waals surface area contributed by atoms with E-state index in [-0.39, 0.29) is 52.1 Å². The Bertz CT molecular complexity index is 1180. The number of carbonyl (C=O) groups is 2. The number of nitrogens with two attached hydrogens (primary N) is 1. The van der Waals surface area contributed by atoms with Gasteiger partial charge in [0.25, 0.3) is 11.5 Å². The number of aromatic nitrogens is 2. The number of aliphatic carboxylic acids is 1. The first-order valence-corrected chi connectivity index (χ1v) is 12.5. The van der Waals surface area contributed by atoms with E-state index in [1.165, 1.54) is 34.5 Å². The number of β-lactam (4-membered cyclic amide) rings is 1. The molecule has 172 valence electrons. The van der Waals surface area contributed by atoms with Crippen molar-refractivity contribution in [3.63, 3.8) is 0 Å². The molecule has 0 radical (unpaired) electrons. The summed E-state index contributed by atoms with van der Waals surface area (Å²) >= 11 is 8.21. The van der Waals surface area contributed by atoms with E-state index in [0.29, 0.717) is 40.1 Å². The van der Waals surface area contributed by atoms with E-state index >= 15 is 0 Å². The topological polar surface area (TPSA) is 144 Å². The molecule has 13 heteroatoms. The van der Waals surface area contributed by atoms with Crippen molar-refractivity contribution in [2.45, 2.75) is 29.4 Å². The maximum atomic E-state index is 12.9. The Morgan fingerprint density at radius 3 is 2.68 bits per heavy atom. The van der Waals surface area contributed by atoms with Crippen LogP contribution in [0, 0.1) is 0 Å². The monoisotopic (exact) mass is 525 g/mol. The van der Waals surface area contributed by atoms with Crippen molar-refractivity contribution >= 4 is 52.6 Å². The average molecular weight is 526 g/mol. The van der Waals surface area contributed by atoms with Crippen molar-refractivity contribution < 1.29 is 44.3 Å². The van der Waals surface area contributed by atoms with E-state index in [2.05, 4.69) is 15.5 Å². The zero-order valence-electron chi connectivity index (χ0n) is 18.3. The number of fused-ring (bicyclic) bond motifs is 1. The van der Waals surface area contributed by atoms with Crippen LogP contribution in [0.4, 0.5) is 0 Å². The van der Waals surface area contributed by atoms with Crippen LogP contribution in [0.5, 0.6) is 0 Å². The van der Waals surface area contributed by atoms with Gasteiger partial charge in [-0.05, 0) is 22.8 Å². The number of amides is 1. The Labute approximate surface area is 231 Å². The first kappa shape index (κ1) is 26.9. The largest absolute Gasteiger partial charge is 1.00 e. The average Bonchev–Trinajstić information content (AvgIpc) is 2.81. The molecule has 0 aliphatic carbocycles. The minimum Gasteiger partial charge on any atom is -0.543 e. The number of benzene rings is 1. The van der Waals surface area contributed by atoms with Crippen molar-refractivity contribution in [3.05, 3.63) is 69.1 Å². The standard InChI is InChI=1S/C21H21N5O4S3.Na/c22-8-12-4-2-1-3-11(12)7-15(31)23-17-19(28)26-18(21(29)30)13(10-33-20(17)26)9-32-16-6-5-14(27)24-25-16;/h1-6,17,20H,7-10,22H2,(H,23,31)(H,24,27)(H,29,30);/q;+1/p-1/t17?,20-;/m1./s1. The van der Waals surface area contributed by atoms with Gasteiger partial charge in [0.05, 0.1) is 16.7 Å². The second-order valence-electron chi connectivity index (χ2n) is 7.39. The third-order valence-electron chi connectivity index (χ3n) is 5.29. The van der Waals surface area contributed by atoms with Crippen LogP contribution in [-0.4, -0.2) is 54.9 Å². The number of hydrogen-bond donors (Lipinski definition) is 3. The summed E-state index contributed by atoms with van der Waals surface area (Å²) in [5, 5.41) is 21.4. The summed E-state index contributed by atoms with van der Waals surface area (Å²) < 4.78 is 0. The maximum absolute atomic E-state index is 12.9. The molecule has 2 aliphatic heterocycles. The fourth-order valence-corrected chi connectivity index (χ4v) is 6.28. The van der Waals surface area contributed by atoms with Gasteiger partial charge in [0.15, 0.2) is 0 Å². The summed E-state index contributed by atoms with van der Waals surface area (Å²) in [6.07, 6.45) is 0.446. The van der Waals surface area contributed by atoms with Gasteiger partial charge >= 0.3 is 29.6 Å². The summed E-state index contributed by atoms with van der Waals surface area (Å²) in [6, 6.07) is 9.99. The van der Waals surface area contributed by atoms with Gasteiger partial charge in [0.2, 0.25) is 0 Å². The summed E-state index contributed by atoms with van der Waals surface area (Å²) in [5.74, 6) is -1.02. The number of carboxylic acids is 1. The molecule has 4 rings (SSSR count). The molecule has 1 aromatic carbocycles. The normalized spacial score (nSPS) is 19.1. The molecule has 1 fully saturated rings. The zero-order valence-corrected chi connectivity index (χ0v) is 22.7. The van der Waals surface area contributed by atoms with Crippen LogP contribution in [0.2, 0.25) is 0 Å². The second kappa shape index (κ2) is 11.8.